The molecule has 0 bridgehead atoms. The van der Waals surface area contributed by atoms with Crippen molar-refractivity contribution in [2.45, 2.75) is 31.9 Å². The van der Waals surface area contributed by atoms with Crippen molar-refractivity contribution >= 4 is 46.1 Å². The Morgan fingerprint density at radius 3 is 2.37 bits per heavy atom. The molecule has 0 spiro atoms. The summed E-state index contributed by atoms with van der Waals surface area (Å²) in [6, 6.07) is 13.9. The highest BCUT2D eigenvalue weighted by molar-refractivity contribution is 8.16. The third-order valence-electron chi connectivity index (χ3n) is 4.61. The maximum absolute atomic E-state index is 12.8. The number of thioether (sulfide) groups is 1. The molecule has 8 heteroatoms. The van der Waals surface area contributed by atoms with Crippen molar-refractivity contribution in [1.29, 1.82) is 5.41 Å². The van der Waals surface area contributed by atoms with Crippen molar-refractivity contribution in [1.82, 2.24) is 0 Å². The molecule has 156 valence electrons. The molecule has 1 aliphatic heterocycles. The molecular weight excluding hydrogens is 402 g/mol. The summed E-state index contributed by atoms with van der Waals surface area (Å²) < 4.78 is 4.93. The first-order valence-electron chi connectivity index (χ1n) is 9.68. The van der Waals surface area contributed by atoms with E-state index in [0.29, 0.717) is 23.5 Å². The molecule has 0 saturated carbocycles. The molecule has 2 aromatic rings. The quantitative estimate of drug-likeness (QED) is 0.657. The number of amides is 2. The average molecular weight is 426 g/mol. The van der Waals surface area contributed by atoms with Crippen LogP contribution in [0, 0.1) is 5.41 Å². The van der Waals surface area contributed by atoms with Crippen molar-refractivity contribution in [2.75, 3.05) is 16.8 Å². The molecule has 3 rings (SSSR count). The van der Waals surface area contributed by atoms with E-state index in [1.165, 1.54) is 4.90 Å². The number of rotatable bonds is 7. The molecule has 0 aromatic heterocycles. The number of amidine groups is 1. The van der Waals surface area contributed by atoms with Crippen LogP contribution in [0.5, 0.6) is 0 Å². The van der Waals surface area contributed by atoms with Crippen LogP contribution in [0.2, 0.25) is 0 Å². The Balaban J connectivity index is 1.60. The zero-order valence-corrected chi connectivity index (χ0v) is 17.6. The summed E-state index contributed by atoms with van der Waals surface area (Å²) in [6.45, 7) is 4.07. The Bertz CT molecular complexity index is 957. The number of aryl methyl sites for hydroxylation is 1. The fraction of sp³-hybridized carbons (Fsp3) is 0.273. The highest BCUT2D eigenvalue weighted by atomic mass is 32.2. The second-order valence-electron chi connectivity index (χ2n) is 6.66. The van der Waals surface area contributed by atoms with Crippen molar-refractivity contribution in [3.8, 4) is 0 Å². The van der Waals surface area contributed by atoms with Crippen LogP contribution in [0.25, 0.3) is 0 Å². The van der Waals surface area contributed by atoms with Gasteiger partial charge in [0.2, 0.25) is 11.8 Å². The van der Waals surface area contributed by atoms with Crippen LogP contribution in [0.1, 0.15) is 36.2 Å². The van der Waals surface area contributed by atoms with E-state index < -0.39 is 11.2 Å². The summed E-state index contributed by atoms with van der Waals surface area (Å²) in [7, 11) is 0. The Morgan fingerprint density at radius 2 is 1.77 bits per heavy atom. The summed E-state index contributed by atoms with van der Waals surface area (Å²) >= 11 is 1.07. The number of nitrogens with one attached hydrogen (secondary N) is 2. The smallest absolute Gasteiger partial charge is 0.338 e. The molecule has 0 unspecified atom stereocenters. The average Bonchev–Trinajstić information content (AvgIpc) is 3.01. The van der Waals surface area contributed by atoms with Gasteiger partial charge in [-0.15, -0.1) is 0 Å². The van der Waals surface area contributed by atoms with Gasteiger partial charge in [0, 0.05) is 12.1 Å². The van der Waals surface area contributed by atoms with Crippen LogP contribution in [0.15, 0.2) is 48.5 Å². The number of benzene rings is 2. The first-order chi connectivity index (χ1) is 14.4. The van der Waals surface area contributed by atoms with E-state index in [1.54, 1.807) is 31.2 Å². The number of hydrogen-bond acceptors (Lipinski definition) is 6. The molecule has 0 aliphatic carbocycles. The first-order valence-corrected chi connectivity index (χ1v) is 10.6. The Hall–Kier alpha value is -3.13. The third kappa shape index (κ3) is 4.88. The first kappa shape index (κ1) is 21.6. The molecule has 2 N–H and O–H groups in total. The van der Waals surface area contributed by atoms with Crippen molar-refractivity contribution in [2.24, 2.45) is 0 Å². The van der Waals surface area contributed by atoms with Gasteiger partial charge in [-0.25, -0.2) is 4.79 Å². The van der Waals surface area contributed by atoms with Crippen molar-refractivity contribution in [3.63, 3.8) is 0 Å². The van der Waals surface area contributed by atoms with Crippen molar-refractivity contribution in [3.05, 3.63) is 59.7 Å². The number of nitrogens with zero attached hydrogens (tertiary/aromatic N) is 1. The van der Waals surface area contributed by atoms with Gasteiger partial charge in [0.25, 0.3) is 0 Å². The second-order valence-corrected chi connectivity index (χ2v) is 7.85. The molecule has 1 fully saturated rings. The van der Waals surface area contributed by atoms with Crippen LogP contribution in [-0.4, -0.2) is 34.8 Å². The SMILES string of the molecule is CCOC(=O)c1ccc(NC(=O)C[C@H]2SC(=N)N(c3ccc(CC)cc3)C2=O)cc1. The minimum atomic E-state index is -0.651. The minimum Gasteiger partial charge on any atom is -0.462 e. The van der Waals surface area contributed by atoms with Gasteiger partial charge in [0.05, 0.1) is 17.9 Å². The maximum atomic E-state index is 12.8. The number of ether oxygens (including phenoxy) is 1. The van der Waals surface area contributed by atoms with E-state index in [1.807, 2.05) is 31.2 Å². The van der Waals surface area contributed by atoms with E-state index >= 15 is 0 Å². The lowest BCUT2D eigenvalue weighted by molar-refractivity contribution is -0.121. The van der Waals surface area contributed by atoms with Crippen LogP contribution in [0.3, 0.4) is 0 Å². The number of esters is 1. The summed E-state index contributed by atoms with van der Waals surface area (Å²) in [5, 5.41) is 10.3. The topological polar surface area (TPSA) is 99.6 Å². The summed E-state index contributed by atoms with van der Waals surface area (Å²) in [5.41, 5.74) is 2.70. The predicted octanol–water partition coefficient (Wildman–Crippen LogP) is 3.84. The molecule has 30 heavy (non-hydrogen) atoms. The molecule has 7 nitrogen and oxygen atoms in total. The Morgan fingerprint density at radius 1 is 1.10 bits per heavy atom. The standard InChI is InChI=1S/C22H23N3O4S/c1-3-14-5-11-17(12-6-14)25-20(27)18(30-22(25)23)13-19(26)24-16-9-7-15(8-10-16)21(28)29-4-2/h5-12,18,23H,3-4,13H2,1-2H3,(H,24,26)/t18-/m1/s1. The highest BCUT2D eigenvalue weighted by Gasteiger charge is 2.39. The molecule has 1 heterocycles. The van der Waals surface area contributed by atoms with E-state index in [0.717, 1.165) is 23.7 Å². The van der Waals surface area contributed by atoms with Gasteiger partial charge >= 0.3 is 5.97 Å². The highest BCUT2D eigenvalue weighted by Crippen LogP contribution is 2.33. The molecule has 1 atom stereocenters. The second kappa shape index (κ2) is 9.58. The lowest BCUT2D eigenvalue weighted by Crippen LogP contribution is -2.33. The molecule has 2 aromatic carbocycles. The van der Waals surface area contributed by atoms with Gasteiger partial charge in [-0.3, -0.25) is 19.9 Å². The number of carbonyl (C=O) groups is 3. The molecule has 2 amide bonds. The van der Waals surface area contributed by atoms with E-state index in [-0.39, 0.29) is 23.4 Å². The molecular formula is C22H23N3O4S. The Kier molecular flexibility index (Phi) is 6.89. The molecule has 1 saturated heterocycles. The van der Waals surface area contributed by atoms with Gasteiger partial charge in [-0.2, -0.15) is 0 Å². The number of carbonyl (C=O) groups excluding carboxylic acids is 3. The fourth-order valence-electron chi connectivity index (χ4n) is 3.02. The van der Waals surface area contributed by atoms with Gasteiger partial charge in [-0.1, -0.05) is 30.8 Å². The maximum Gasteiger partial charge on any atom is 0.338 e. The zero-order chi connectivity index (χ0) is 21.7. The number of hydrogen-bond donors (Lipinski definition) is 2. The van der Waals surface area contributed by atoms with E-state index in [9.17, 15) is 14.4 Å². The van der Waals surface area contributed by atoms with Crippen LogP contribution in [0.4, 0.5) is 11.4 Å². The monoisotopic (exact) mass is 425 g/mol. The van der Waals surface area contributed by atoms with Crippen molar-refractivity contribution < 1.29 is 19.1 Å². The summed E-state index contributed by atoms with van der Waals surface area (Å²) in [4.78, 5) is 38.2. The van der Waals surface area contributed by atoms with Gasteiger partial charge < -0.3 is 10.1 Å². The number of anilines is 2. The van der Waals surface area contributed by atoms with Crippen LogP contribution >= 0.6 is 11.8 Å². The zero-order valence-electron chi connectivity index (χ0n) is 16.8. The Labute approximate surface area is 179 Å². The largest absolute Gasteiger partial charge is 0.462 e. The summed E-state index contributed by atoms with van der Waals surface area (Å²) in [6.07, 6.45) is 0.846. The van der Waals surface area contributed by atoms with Gasteiger partial charge in [0.15, 0.2) is 5.17 Å². The van der Waals surface area contributed by atoms with Gasteiger partial charge in [-0.05, 0) is 55.3 Å². The van der Waals surface area contributed by atoms with Crippen LogP contribution < -0.4 is 10.2 Å². The molecule has 0 radical (unpaired) electrons. The lowest BCUT2D eigenvalue weighted by Gasteiger charge is -2.16. The summed E-state index contributed by atoms with van der Waals surface area (Å²) in [5.74, 6) is -1.03. The fourth-order valence-corrected chi connectivity index (χ4v) is 4.03. The predicted molar refractivity (Wildman–Crippen MR) is 118 cm³/mol. The normalized spacial score (nSPS) is 15.9. The van der Waals surface area contributed by atoms with Crippen LogP contribution in [-0.2, 0) is 20.7 Å². The van der Waals surface area contributed by atoms with E-state index in [2.05, 4.69) is 5.32 Å². The van der Waals surface area contributed by atoms with Gasteiger partial charge in [0.1, 0.15) is 5.25 Å². The third-order valence-corrected chi connectivity index (χ3v) is 5.66. The van der Waals surface area contributed by atoms with E-state index in [4.69, 9.17) is 10.1 Å². The molecule has 1 aliphatic rings. The lowest BCUT2D eigenvalue weighted by atomic mass is 10.1. The minimum absolute atomic E-state index is 0.0466.